The number of fused-ring (bicyclic) bond motifs is 1. The predicted molar refractivity (Wildman–Crippen MR) is 165 cm³/mol. The van der Waals surface area contributed by atoms with E-state index in [1.807, 2.05) is 0 Å². The summed E-state index contributed by atoms with van der Waals surface area (Å²) < 4.78 is 40.3. The molecule has 6 rings (SSSR count). The van der Waals surface area contributed by atoms with Crippen molar-refractivity contribution in [2.24, 2.45) is 0 Å². The van der Waals surface area contributed by atoms with Gasteiger partial charge in [0.25, 0.3) is 0 Å². The van der Waals surface area contributed by atoms with Gasteiger partial charge in [-0.15, -0.1) is 0 Å². The van der Waals surface area contributed by atoms with E-state index in [2.05, 4.69) is 0 Å². The highest BCUT2D eigenvalue weighted by atomic mass is 16.8. The lowest BCUT2D eigenvalue weighted by Crippen LogP contribution is -2.65. The van der Waals surface area contributed by atoms with Crippen LogP contribution in [-0.4, -0.2) is 165 Å². The molecular weight excluding hydrogens is 704 g/mol. The van der Waals surface area contributed by atoms with Gasteiger partial charge in [0.15, 0.2) is 42.6 Å². The molecule has 2 aromatic rings. The monoisotopic (exact) mass is 744 g/mol. The molecule has 0 amide bonds. The summed E-state index contributed by atoms with van der Waals surface area (Å²) in [7, 11) is 0. The van der Waals surface area contributed by atoms with E-state index in [0.717, 1.165) is 18.2 Å². The highest BCUT2D eigenvalue weighted by molar-refractivity contribution is 5.69. The Kier molecular flexibility index (Phi) is 11.0. The molecule has 4 heterocycles. The minimum Gasteiger partial charge on any atom is -0.508 e. The summed E-state index contributed by atoms with van der Waals surface area (Å²) in [6.45, 7) is 0.530. The van der Waals surface area contributed by atoms with Crippen molar-refractivity contribution in [1.82, 2.24) is 0 Å². The fourth-order valence-electron chi connectivity index (χ4n) is 6.16. The molecule has 20 heteroatoms. The zero-order valence-electron chi connectivity index (χ0n) is 27.1. The normalized spacial score (nSPS) is 40.7. The molecule has 20 nitrogen and oxygen atoms in total. The second-order valence-electron chi connectivity index (χ2n) is 12.8. The van der Waals surface area contributed by atoms with Crippen LogP contribution >= 0.6 is 0 Å². The van der Waals surface area contributed by atoms with Crippen molar-refractivity contribution in [3.63, 3.8) is 0 Å². The summed E-state index contributed by atoms with van der Waals surface area (Å²) in [5.41, 5.74) is 0.105. The minimum atomic E-state index is -2.09. The van der Waals surface area contributed by atoms with Crippen LogP contribution in [-0.2, 0) is 28.4 Å². The highest BCUT2D eigenvalue weighted by Gasteiger charge is 2.54. The van der Waals surface area contributed by atoms with E-state index in [9.17, 15) is 66.4 Å². The van der Waals surface area contributed by atoms with E-state index in [1.165, 1.54) is 25.1 Å². The maximum absolute atomic E-state index is 11.4. The molecule has 3 fully saturated rings. The molecule has 1 unspecified atom stereocenters. The van der Waals surface area contributed by atoms with Crippen LogP contribution in [0.25, 0.3) is 6.08 Å². The molecule has 0 radical (unpaired) electrons. The third-order valence-electron chi connectivity index (χ3n) is 9.17. The van der Waals surface area contributed by atoms with Crippen molar-refractivity contribution in [2.45, 2.75) is 105 Å². The van der Waals surface area contributed by atoms with Gasteiger partial charge in [-0.25, -0.2) is 0 Å². The van der Waals surface area contributed by atoms with E-state index in [-0.39, 0.29) is 28.4 Å². The number of aliphatic hydroxyl groups is 9. The largest absolute Gasteiger partial charge is 0.508 e. The molecule has 0 saturated carbocycles. The van der Waals surface area contributed by atoms with E-state index >= 15 is 0 Å². The molecule has 0 spiro atoms. The van der Waals surface area contributed by atoms with Gasteiger partial charge in [0, 0.05) is 17.7 Å². The number of hydrogen-bond acceptors (Lipinski definition) is 20. The van der Waals surface area contributed by atoms with Crippen molar-refractivity contribution in [3.05, 3.63) is 47.2 Å². The average molecular weight is 745 g/mol. The van der Waals surface area contributed by atoms with Gasteiger partial charge in [-0.3, -0.25) is 0 Å². The Balaban J connectivity index is 1.37. The molecule has 288 valence electrons. The molecule has 0 aromatic heterocycles. The van der Waals surface area contributed by atoms with Gasteiger partial charge in [0.1, 0.15) is 77.9 Å². The first kappa shape index (κ1) is 38.2. The van der Waals surface area contributed by atoms with Crippen molar-refractivity contribution in [2.75, 3.05) is 6.61 Å². The zero-order chi connectivity index (χ0) is 37.8. The number of aromatic hydroxyl groups is 4. The number of ether oxygens (including phenoxy) is 7. The maximum atomic E-state index is 11.4. The smallest absolute Gasteiger partial charge is 0.231 e. The molecule has 4 aliphatic rings. The van der Waals surface area contributed by atoms with Crippen molar-refractivity contribution < 1.29 is 99.5 Å². The Morgan fingerprint density at radius 1 is 0.615 bits per heavy atom. The molecule has 52 heavy (non-hydrogen) atoms. The van der Waals surface area contributed by atoms with Gasteiger partial charge in [-0.05, 0) is 25.1 Å². The quantitative estimate of drug-likeness (QED) is 0.116. The first-order chi connectivity index (χ1) is 24.6. The van der Waals surface area contributed by atoms with Crippen LogP contribution in [0.5, 0.6) is 28.7 Å². The first-order valence-corrected chi connectivity index (χ1v) is 16.0. The van der Waals surface area contributed by atoms with Crippen molar-refractivity contribution in [1.29, 1.82) is 0 Å². The van der Waals surface area contributed by atoms with Crippen molar-refractivity contribution >= 4 is 6.08 Å². The Labute approximate surface area is 293 Å². The molecule has 13 N–H and O–H groups in total. The summed E-state index contributed by atoms with van der Waals surface area (Å²) in [6.07, 6.45) is -27.1. The highest BCUT2D eigenvalue weighted by Crippen LogP contribution is 2.46. The van der Waals surface area contributed by atoms with Crippen LogP contribution in [0.1, 0.15) is 24.2 Å². The van der Waals surface area contributed by atoms with Gasteiger partial charge in [-0.2, -0.15) is 0 Å². The van der Waals surface area contributed by atoms with Crippen LogP contribution in [0.15, 0.2) is 36.1 Å². The molecule has 0 bridgehead atoms. The Morgan fingerprint density at radius 2 is 1.25 bits per heavy atom. The minimum absolute atomic E-state index is 0.0251. The van der Waals surface area contributed by atoms with E-state index in [4.69, 9.17) is 33.2 Å². The van der Waals surface area contributed by atoms with Crippen LogP contribution < -0.4 is 4.74 Å². The number of hydrogen-bond donors (Lipinski definition) is 13. The van der Waals surface area contributed by atoms with Crippen LogP contribution in [0.4, 0.5) is 0 Å². The summed E-state index contributed by atoms with van der Waals surface area (Å²) in [5, 5.41) is 135. The molecule has 2 aromatic carbocycles. The number of phenolic OH excluding ortho intramolecular Hbond substituents is 4. The SMILES string of the molecule is C[C@H]1O[C@@H](O[C@H]2O[C@@H](OC3=Cc4c(O)cc(O)cc4OC3c3ccc(O)c(O)c3)[C@H](O[C@@H]3O[C@H](CO)[C@@H](O)[C@H](O)[C@H]3O)[C@@H](O)[C@@H]2O)[C@@H](O)[C@@H](O)[C@@H]1O. The number of rotatable bonds is 8. The van der Waals surface area contributed by atoms with Gasteiger partial charge >= 0.3 is 0 Å². The summed E-state index contributed by atoms with van der Waals surface area (Å²) in [5.74, 6) is -2.22. The number of phenols is 4. The topological polar surface area (TPSA) is 328 Å². The molecule has 0 aliphatic carbocycles. The van der Waals surface area contributed by atoms with Crippen LogP contribution in [0, 0.1) is 0 Å². The van der Waals surface area contributed by atoms with Crippen LogP contribution in [0.3, 0.4) is 0 Å². The van der Waals surface area contributed by atoms with E-state index in [1.54, 1.807) is 0 Å². The molecule has 4 aliphatic heterocycles. The van der Waals surface area contributed by atoms with E-state index in [0.29, 0.717) is 0 Å². The zero-order valence-corrected chi connectivity index (χ0v) is 27.1. The summed E-state index contributed by atoms with van der Waals surface area (Å²) in [4.78, 5) is 0. The fourth-order valence-corrected chi connectivity index (χ4v) is 6.16. The maximum Gasteiger partial charge on any atom is 0.231 e. The van der Waals surface area contributed by atoms with E-state index < -0.39 is 122 Å². The summed E-state index contributed by atoms with van der Waals surface area (Å²) in [6, 6.07) is 5.75. The number of aliphatic hydroxyl groups excluding tert-OH is 9. The second-order valence-corrected chi connectivity index (χ2v) is 12.8. The fraction of sp³-hybridized carbons (Fsp3) is 0.562. The molecular formula is C32H40O20. The van der Waals surface area contributed by atoms with Gasteiger partial charge in [0.2, 0.25) is 6.29 Å². The lowest BCUT2D eigenvalue weighted by molar-refractivity contribution is -0.411. The lowest BCUT2D eigenvalue weighted by Gasteiger charge is -2.47. The number of benzene rings is 2. The molecule has 3 saturated heterocycles. The van der Waals surface area contributed by atoms with Gasteiger partial charge in [-0.1, -0.05) is 6.07 Å². The second kappa shape index (κ2) is 15.0. The Hall–Kier alpha value is -3.58. The average Bonchev–Trinajstić information content (AvgIpc) is 3.11. The van der Waals surface area contributed by atoms with Gasteiger partial charge < -0.3 is 99.5 Å². The standard InChI is InChI=1S/C32H40O20/c1-9-19(38)21(40)24(43)29(46-9)51-31-26(45)23(42)28(50-30-25(44)22(41)20(39)18(8-33)49-30)32(52-31)48-17-7-12-14(36)5-11(34)6-16(12)47-27(17)10-2-3-13(35)15(37)4-10/h2-7,9,18-45H,8H2,1H3/t9-,18-,19-,20-,21+,22+,23+,24+,25-,26+,27?,28-,29+,30+,31+,32-/m1/s1. The summed E-state index contributed by atoms with van der Waals surface area (Å²) >= 11 is 0. The third kappa shape index (κ3) is 7.19. The van der Waals surface area contributed by atoms with Crippen LogP contribution in [0.2, 0.25) is 0 Å². The first-order valence-electron chi connectivity index (χ1n) is 16.0. The Bertz CT molecular complexity index is 1600. The Morgan fingerprint density at radius 3 is 1.92 bits per heavy atom. The lowest BCUT2D eigenvalue weighted by atomic mass is 9.98. The van der Waals surface area contributed by atoms with Gasteiger partial charge in [0.05, 0.1) is 18.3 Å². The third-order valence-corrected chi connectivity index (χ3v) is 9.17. The van der Waals surface area contributed by atoms with Crippen molar-refractivity contribution in [3.8, 4) is 28.7 Å². The molecule has 16 atom stereocenters. The predicted octanol–water partition coefficient (Wildman–Crippen LogP) is -3.57.